The number of rotatable bonds is 3. The topological polar surface area (TPSA) is 71.1 Å². The molecule has 2 amide bonds. The van der Waals surface area contributed by atoms with Gasteiger partial charge in [-0.1, -0.05) is 34.5 Å². The summed E-state index contributed by atoms with van der Waals surface area (Å²) in [5.74, 6) is -0.536. The SMILES string of the molecule is CC(=O)Nc1ccc2nc(NC(=O)c3cc(Cl)ccc3Cl)sc2c1. The third-order valence-electron chi connectivity index (χ3n) is 3.10. The Morgan fingerprint density at radius 1 is 1.08 bits per heavy atom. The number of thiazole rings is 1. The number of aromatic nitrogens is 1. The molecule has 1 aromatic heterocycles. The van der Waals surface area contributed by atoms with Gasteiger partial charge in [0.25, 0.3) is 5.91 Å². The maximum atomic E-state index is 12.3. The second kappa shape index (κ2) is 6.76. The minimum Gasteiger partial charge on any atom is -0.326 e. The molecule has 0 aliphatic rings. The summed E-state index contributed by atoms with van der Waals surface area (Å²) in [7, 11) is 0. The van der Waals surface area contributed by atoms with E-state index < -0.39 is 0 Å². The number of hydrogen-bond donors (Lipinski definition) is 2. The van der Waals surface area contributed by atoms with Crippen LogP contribution in [0.5, 0.6) is 0 Å². The summed E-state index contributed by atoms with van der Waals surface area (Å²) >= 11 is 13.2. The summed E-state index contributed by atoms with van der Waals surface area (Å²) in [6, 6.07) is 10.0. The molecular weight excluding hydrogens is 369 g/mol. The zero-order valence-corrected chi connectivity index (χ0v) is 14.7. The first kappa shape index (κ1) is 16.7. The highest BCUT2D eigenvalue weighted by molar-refractivity contribution is 7.22. The van der Waals surface area contributed by atoms with Gasteiger partial charge in [0, 0.05) is 17.6 Å². The van der Waals surface area contributed by atoms with Gasteiger partial charge in [-0.2, -0.15) is 0 Å². The van der Waals surface area contributed by atoms with Gasteiger partial charge in [-0.3, -0.25) is 14.9 Å². The molecule has 0 bridgehead atoms. The minimum absolute atomic E-state index is 0.150. The van der Waals surface area contributed by atoms with Crippen LogP contribution in [0.15, 0.2) is 36.4 Å². The number of amides is 2. The molecule has 0 unspecified atom stereocenters. The first-order chi connectivity index (χ1) is 11.4. The van der Waals surface area contributed by atoms with Crippen LogP contribution in [0.2, 0.25) is 10.0 Å². The average molecular weight is 380 g/mol. The van der Waals surface area contributed by atoms with Crippen LogP contribution in [0.4, 0.5) is 10.8 Å². The summed E-state index contributed by atoms with van der Waals surface area (Å²) in [6.45, 7) is 1.44. The van der Waals surface area contributed by atoms with Crippen molar-refractivity contribution in [1.29, 1.82) is 0 Å². The molecule has 3 aromatic rings. The zero-order chi connectivity index (χ0) is 17.3. The Labute approximate surface area is 151 Å². The highest BCUT2D eigenvalue weighted by atomic mass is 35.5. The first-order valence-electron chi connectivity index (χ1n) is 6.87. The maximum Gasteiger partial charge on any atom is 0.259 e. The second-order valence-electron chi connectivity index (χ2n) is 4.96. The molecule has 24 heavy (non-hydrogen) atoms. The van der Waals surface area contributed by atoms with Gasteiger partial charge in [-0.25, -0.2) is 4.98 Å². The lowest BCUT2D eigenvalue weighted by molar-refractivity contribution is -0.114. The van der Waals surface area contributed by atoms with E-state index in [2.05, 4.69) is 15.6 Å². The normalized spacial score (nSPS) is 10.6. The second-order valence-corrected chi connectivity index (χ2v) is 6.84. The van der Waals surface area contributed by atoms with Gasteiger partial charge in [0.15, 0.2) is 5.13 Å². The molecule has 0 atom stereocenters. The predicted molar refractivity (Wildman–Crippen MR) is 98.3 cm³/mol. The Balaban J connectivity index is 1.86. The van der Waals surface area contributed by atoms with Gasteiger partial charge in [-0.05, 0) is 36.4 Å². The highest BCUT2D eigenvalue weighted by Crippen LogP contribution is 2.29. The molecule has 2 N–H and O–H groups in total. The van der Waals surface area contributed by atoms with Crippen LogP contribution in [-0.2, 0) is 4.79 Å². The van der Waals surface area contributed by atoms with E-state index in [0.717, 1.165) is 10.2 Å². The number of carbonyl (C=O) groups excluding carboxylic acids is 2. The monoisotopic (exact) mass is 379 g/mol. The van der Waals surface area contributed by atoms with E-state index in [0.29, 0.717) is 20.9 Å². The Kier molecular flexibility index (Phi) is 4.71. The Morgan fingerprint density at radius 2 is 1.88 bits per heavy atom. The maximum absolute atomic E-state index is 12.3. The Morgan fingerprint density at radius 3 is 2.62 bits per heavy atom. The number of anilines is 2. The molecule has 0 aliphatic heterocycles. The van der Waals surface area contributed by atoms with Crippen molar-refractivity contribution in [2.45, 2.75) is 6.92 Å². The molecule has 2 aromatic carbocycles. The van der Waals surface area contributed by atoms with Crippen LogP contribution >= 0.6 is 34.5 Å². The zero-order valence-electron chi connectivity index (χ0n) is 12.4. The van der Waals surface area contributed by atoms with Crippen molar-refractivity contribution in [3.8, 4) is 0 Å². The number of benzene rings is 2. The van der Waals surface area contributed by atoms with Crippen LogP contribution in [0, 0.1) is 0 Å². The molecule has 0 saturated heterocycles. The fourth-order valence-electron chi connectivity index (χ4n) is 2.10. The summed E-state index contributed by atoms with van der Waals surface area (Å²) in [5, 5.41) is 6.59. The molecule has 0 spiro atoms. The van der Waals surface area contributed by atoms with E-state index in [-0.39, 0.29) is 17.4 Å². The van der Waals surface area contributed by atoms with E-state index >= 15 is 0 Å². The Hall–Kier alpha value is -2.15. The summed E-state index contributed by atoms with van der Waals surface area (Å²) in [4.78, 5) is 27.8. The minimum atomic E-state index is -0.386. The molecule has 0 saturated carbocycles. The van der Waals surface area contributed by atoms with Crippen molar-refractivity contribution in [1.82, 2.24) is 4.98 Å². The van der Waals surface area contributed by atoms with Gasteiger partial charge in [0.05, 0.1) is 20.8 Å². The molecule has 1 heterocycles. The highest BCUT2D eigenvalue weighted by Gasteiger charge is 2.14. The largest absolute Gasteiger partial charge is 0.326 e. The molecule has 3 rings (SSSR count). The molecule has 5 nitrogen and oxygen atoms in total. The lowest BCUT2D eigenvalue weighted by atomic mass is 10.2. The average Bonchev–Trinajstić information content (AvgIpc) is 2.90. The summed E-state index contributed by atoms with van der Waals surface area (Å²) in [6.07, 6.45) is 0. The fourth-order valence-corrected chi connectivity index (χ4v) is 3.37. The lowest BCUT2D eigenvalue weighted by Gasteiger charge is -2.04. The van der Waals surface area contributed by atoms with Crippen molar-refractivity contribution in [2.75, 3.05) is 10.6 Å². The summed E-state index contributed by atoms with van der Waals surface area (Å²) < 4.78 is 0.841. The van der Waals surface area contributed by atoms with Crippen LogP contribution < -0.4 is 10.6 Å². The molecule has 122 valence electrons. The smallest absolute Gasteiger partial charge is 0.259 e. The van der Waals surface area contributed by atoms with E-state index in [1.54, 1.807) is 30.3 Å². The van der Waals surface area contributed by atoms with Crippen LogP contribution in [0.3, 0.4) is 0 Å². The van der Waals surface area contributed by atoms with Gasteiger partial charge in [0.2, 0.25) is 5.91 Å². The molecule has 0 fully saturated rings. The van der Waals surface area contributed by atoms with Crippen LogP contribution in [-0.4, -0.2) is 16.8 Å². The van der Waals surface area contributed by atoms with E-state index in [1.165, 1.54) is 24.3 Å². The number of carbonyl (C=O) groups is 2. The van der Waals surface area contributed by atoms with Gasteiger partial charge in [-0.15, -0.1) is 0 Å². The molecule has 0 aliphatic carbocycles. The first-order valence-corrected chi connectivity index (χ1v) is 8.44. The Bertz CT molecular complexity index is 956. The molecular formula is C16H11Cl2N3O2S. The number of nitrogens with one attached hydrogen (secondary N) is 2. The van der Waals surface area contributed by atoms with Crippen molar-refractivity contribution >= 4 is 67.4 Å². The van der Waals surface area contributed by atoms with Crippen LogP contribution in [0.25, 0.3) is 10.2 Å². The summed E-state index contributed by atoms with van der Waals surface area (Å²) in [5.41, 5.74) is 1.68. The van der Waals surface area contributed by atoms with Crippen molar-refractivity contribution in [2.24, 2.45) is 0 Å². The molecule has 8 heteroatoms. The van der Waals surface area contributed by atoms with Gasteiger partial charge < -0.3 is 5.32 Å². The van der Waals surface area contributed by atoms with Gasteiger partial charge in [0.1, 0.15) is 0 Å². The van der Waals surface area contributed by atoms with E-state index in [9.17, 15) is 9.59 Å². The van der Waals surface area contributed by atoms with Crippen molar-refractivity contribution < 1.29 is 9.59 Å². The van der Waals surface area contributed by atoms with E-state index in [4.69, 9.17) is 23.2 Å². The number of halogens is 2. The quantitative estimate of drug-likeness (QED) is 0.685. The molecule has 0 radical (unpaired) electrons. The fraction of sp³-hybridized carbons (Fsp3) is 0.0625. The van der Waals surface area contributed by atoms with Crippen LogP contribution in [0.1, 0.15) is 17.3 Å². The van der Waals surface area contributed by atoms with Crippen molar-refractivity contribution in [3.05, 3.63) is 52.0 Å². The van der Waals surface area contributed by atoms with Gasteiger partial charge >= 0.3 is 0 Å². The number of nitrogens with zero attached hydrogens (tertiary/aromatic N) is 1. The number of fused-ring (bicyclic) bond motifs is 1. The third kappa shape index (κ3) is 3.67. The predicted octanol–water partition coefficient (Wildman–Crippen LogP) is 4.81. The standard InChI is InChI=1S/C16H11Cl2N3O2S/c1-8(22)19-10-3-5-13-14(7-10)24-16(20-13)21-15(23)11-6-9(17)2-4-12(11)18/h2-7H,1H3,(H,19,22)(H,20,21,23). The third-order valence-corrected chi connectivity index (χ3v) is 4.60. The van der Waals surface area contributed by atoms with Crippen molar-refractivity contribution in [3.63, 3.8) is 0 Å². The lowest BCUT2D eigenvalue weighted by Crippen LogP contribution is -2.12. The number of hydrogen-bond acceptors (Lipinski definition) is 4. The van der Waals surface area contributed by atoms with E-state index in [1.807, 2.05) is 0 Å².